The first-order chi connectivity index (χ1) is 62.9. The maximum Gasteiger partial charge on any atom is 0.416 e. The van der Waals surface area contributed by atoms with E-state index in [0.717, 1.165) is 4.90 Å². The Morgan fingerprint density at radius 1 is 0.557 bits per heavy atom. The lowest BCUT2D eigenvalue weighted by molar-refractivity contribution is -0.268. The van der Waals surface area contributed by atoms with Crippen LogP contribution in [0.2, 0.25) is 0 Å². The minimum absolute atomic E-state index is 0.00607. The van der Waals surface area contributed by atoms with Crippen molar-refractivity contribution < 1.29 is 170 Å². The molecule has 6 aromatic carbocycles. The number of rotatable bonds is 45. The molecule has 14 atom stereocenters. The number of hydrogen-bond donors (Lipinski definition) is 12. The number of amides is 4. The number of aliphatic hydroxyl groups excluding tert-OH is 8. The van der Waals surface area contributed by atoms with Crippen molar-refractivity contribution in [2.75, 3.05) is 110 Å². The van der Waals surface area contributed by atoms with Crippen LogP contribution >= 0.6 is 0 Å². The van der Waals surface area contributed by atoms with E-state index >= 15 is 9.59 Å². The number of carbonyl (C=O) groups excluding carboxylic acids is 7. The Morgan fingerprint density at radius 3 is 1.84 bits per heavy atom. The Balaban J connectivity index is 0.842. The van der Waals surface area contributed by atoms with Gasteiger partial charge in [0.1, 0.15) is 112 Å². The number of esters is 1. The highest BCUT2D eigenvalue weighted by atomic mass is 16.7. The second kappa shape index (κ2) is 45.9. The lowest BCUT2D eigenvalue weighted by Gasteiger charge is -2.39. The van der Waals surface area contributed by atoms with E-state index in [2.05, 4.69) is 16.7 Å². The van der Waals surface area contributed by atoms with Crippen LogP contribution in [0.5, 0.6) is 34.5 Å². The zero-order chi connectivity index (χ0) is 93.9. The molecule has 6 heterocycles. The van der Waals surface area contributed by atoms with Crippen LogP contribution in [-0.4, -0.2) is 294 Å². The Morgan fingerprint density at radius 2 is 1.18 bits per heavy atom. The smallest absolute Gasteiger partial charge is 0.416 e. The fraction of sp³-hybridized carbons (Fsp3) is 0.462. The maximum absolute atomic E-state index is 15.4. The van der Waals surface area contributed by atoms with Gasteiger partial charge in [-0.1, -0.05) is 36.4 Å². The van der Waals surface area contributed by atoms with Crippen molar-refractivity contribution in [1.82, 2.24) is 9.80 Å². The number of Topliss-reactive ketones (excluding diaryl/α,β-unsaturated/α-hetero) is 2. The lowest BCUT2D eigenvalue weighted by atomic mass is 9.86. The molecular weight excluding hydrogens is 1720 g/mol. The average molecular weight is 1830 g/mol. The molecule has 6 aliphatic heterocycles. The second-order valence-electron chi connectivity index (χ2n) is 31.9. The fourth-order valence-corrected chi connectivity index (χ4v) is 15.7. The molecule has 0 bridgehead atoms. The summed E-state index contributed by atoms with van der Waals surface area (Å²) in [6, 6.07) is 23.5. The summed E-state index contributed by atoms with van der Waals surface area (Å²) in [6.45, 7) is 4.49. The molecule has 706 valence electrons. The Labute approximate surface area is 751 Å². The number of hydrogen-bond acceptors (Lipinski definition) is 34. The number of aryl methyl sites for hydroxylation is 1. The number of fused-ring (bicyclic) bond motifs is 4. The molecule has 12 rings (SSSR count). The molecule has 0 aliphatic carbocycles. The van der Waals surface area contributed by atoms with Crippen LogP contribution in [0.3, 0.4) is 0 Å². The fourth-order valence-electron chi connectivity index (χ4n) is 15.7. The van der Waals surface area contributed by atoms with Crippen LogP contribution in [-0.2, 0) is 93.1 Å². The first-order valence-corrected chi connectivity index (χ1v) is 42.3. The zero-order valence-corrected chi connectivity index (χ0v) is 72.3. The van der Waals surface area contributed by atoms with Crippen molar-refractivity contribution in [3.8, 4) is 34.5 Å². The van der Waals surface area contributed by atoms with Gasteiger partial charge in [0.2, 0.25) is 18.5 Å². The topological polar surface area (TPSA) is 551 Å². The van der Waals surface area contributed by atoms with Crippen molar-refractivity contribution in [3.63, 3.8) is 0 Å². The molecule has 131 heavy (non-hydrogen) atoms. The summed E-state index contributed by atoms with van der Waals surface area (Å²) in [5, 5.41) is 109. The van der Waals surface area contributed by atoms with E-state index in [0.29, 0.717) is 39.1 Å². The van der Waals surface area contributed by atoms with Gasteiger partial charge < -0.3 is 142 Å². The summed E-state index contributed by atoms with van der Waals surface area (Å²) in [7, 11) is 2.76. The maximum atomic E-state index is 15.4. The van der Waals surface area contributed by atoms with E-state index in [-0.39, 0.29) is 203 Å². The predicted octanol–water partition coefficient (Wildman–Crippen LogP) is 4.29. The average Bonchev–Trinajstić information content (AvgIpc) is 1.60. The number of aliphatic carboxylic acids is 2. The van der Waals surface area contributed by atoms with Crippen molar-refractivity contribution in [3.05, 3.63) is 183 Å². The summed E-state index contributed by atoms with van der Waals surface area (Å²) >= 11 is 0. The summed E-state index contributed by atoms with van der Waals surface area (Å²) in [5.41, 5.74) is 3.09. The Bertz CT molecular complexity index is 5130. The molecule has 4 amide bonds. The molecule has 0 spiro atoms. The van der Waals surface area contributed by atoms with E-state index in [1.165, 1.54) is 91.6 Å². The van der Waals surface area contributed by atoms with E-state index in [4.69, 9.17) is 87.2 Å². The number of nitrogens with two attached hydrogens (primary N) is 1. The largest absolute Gasteiger partial charge is 0.493 e. The normalized spacial score (nSPS) is 22.7. The third kappa shape index (κ3) is 24.8. The number of carbonyl (C=O) groups is 9. The number of carboxylic acids is 2. The van der Waals surface area contributed by atoms with Crippen LogP contribution < -0.4 is 44.5 Å². The first kappa shape index (κ1) is 98.4. The number of benzene rings is 6. The molecule has 40 nitrogen and oxygen atoms in total. The highest BCUT2D eigenvalue weighted by Crippen LogP contribution is 2.46. The molecule has 3 unspecified atom stereocenters. The predicted molar refractivity (Wildman–Crippen MR) is 455 cm³/mol. The summed E-state index contributed by atoms with van der Waals surface area (Å²) < 4.78 is 86.7. The van der Waals surface area contributed by atoms with Crippen LogP contribution in [0, 0.1) is 6.92 Å². The van der Waals surface area contributed by atoms with Gasteiger partial charge in [0.25, 0.3) is 11.8 Å². The highest BCUT2D eigenvalue weighted by Gasteiger charge is 2.50. The monoisotopic (exact) mass is 1830 g/mol. The van der Waals surface area contributed by atoms with Crippen molar-refractivity contribution in [1.29, 1.82) is 0 Å². The van der Waals surface area contributed by atoms with E-state index in [1.54, 1.807) is 55.6 Å². The number of ketones is 2. The molecule has 0 radical (unpaired) electrons. The van der Waals surface area contributed by atoms with Gasteiger partial charge in [-0.2, -0.15) is 0 Å². The molecule has 40 heteroatoms. The minimum Gasteiger partial charge on any atom is -0.493 e. The van der Waals surface area contributed by atoms with Gasteiger partial charge in [0.05, 0.1) is 113 Å². The molecule has 3 fully saturated rings. The molecule has 0 aromatic heterocycles. The van der Waals surface area contributed by atoms with Crippen LogP contribution in [0.15, 0.2) is 121 Å². The van der Waals surface area contributed by atoms with Crippen LogP contribution in [0.25, 0.3) is 5.57 Å². The number of nitrogens with zero attached hydrogens (tertiary/aromatic N) is 3. The van der Waals surface area contributed by atoms with Gasteiger partial charge >= 0.3 is 24.0 Å². The zero-order valence-electron chi connectivity index (χ0n) is 72.3. The van der Waals surface area contributed by atoms with Gasteiger partial charge in [0, 0.05) is 56.6 Å². The molecule has 6 aliphatic rings. The van der Waals surface area contributed by atoms with E-state index < -0.39 is 172 Å². The Hall–Kier alpha value is -11.6. The molecule has 0 saturated carbocycles. The van der Waals surface area contributed by atoms with Crippen molar-refractivity contribution in [2.24, 2.45) is 5.90 Å². The molecule has 6 aromatic rings. The molecule has 13 N–H and O–H groups in total. The lowest BCUT2D eigenvalue weighted by Crippen LogP contribution is -2.58. The quantitative estimate of drug-likeness (QED) is 0.00833. The number of anilines is 2. The van der Waals surface area contributed by atoms with Gasteiger partial charge in [0.15, 0.2) is 29.3 Å². The van der Waals surface area contributed by atoms with Gasteiger partial charge in [-0.05, 0) is 157 Å². The third-order valence-corrected chi connectivity index (χ3v) is 22.5. The molecule has 3 saturated heterocycles. The molecular formula is C91H107N5O35. The highest BCUT2D eigenvalue weighted by molar-refractivity contribution is 6.07. The number of methoxy groups -OCH3 is 2. The number of ether oxygens (including phenoxy) is 15. The Kier molecular flexibility index (Phi) is 34.5. The van der Waals surface area contributed by atoms with Crippen LogP contribution in [0.4, 0.5) is 16.2 Å². The van der Waals surface area contributed by atoms with Crippen molar-refractivity contribution in [2.45, 2.75) is 171 Å². The van der Waals surface area contributed by atoms with Gasteiger partial charge in [-0.15, -0.1) is 0 Å². The van der Waals surface area contributed by atoms with E-state index in [1.807, 2.05) is 0 Å². The number of nitrogens with one attached hydrogen (secondary N) is 1. The SMILES string of the molecule is C=C1C[C@H]2C(O)C(C(=O)OCc3ccc(O[C@@H]4O[C@H](C)[C@@H](O)[C@H](O)[C@H]4O)c(C(=O)CCCON)c3)c3cc(OCc4cc(COc5cc6c(cc5OC)C(=O)N5C=C(c7ccc(OCCOCCC(=O)O)cc7)C[C@H]5C(O)N6C(=O)OCc5ccc(O[C@@H]6OC[C@@H](O)[C@H](O)[C@H]6O)c(C(=O)CCCOC)c5)cc(NC(=O)COCCOCCOCC(=O)O)c4)c(C)cc3C(=O)N2C1. The number of aliphatic hydroxyl groups is 8. The number of carboxylic acid groups (broad SMARTS) is 2. The summed E-state index contributed by atoms with van der Waals surface area (Å²) in [6.07, 6.45) is -16.7. The second-order valence-corrected chi connectivity index (χ2v) is 31.9. The summed E-state index contributed by atoms with van der Waals surface area (Å²) in [5.74, 6) is -2.05. The van der Waals surface area contributed by atoms with E-state index in [9.17, 15) is 74.4 Å². The van der Waals surface area contributed by atoms with Gasteiger partial charge in [-0.25, -0.2) is 20.4 Å². The first-order valence-electron chi connectivity index (χ1n) is 42.3. The minimum atomic E-state index is -1.90. The van der Waals surface area contributed by atoms with Crippen LogP contribution in [0.1, 0.15) is 138 Å². The van der Waals surface area contributed by atoms with Crippen molar-refractivity contribution >= 4 is 70.2 Å². The van der Waals surface area contributed by atoms with Gasteiger partial charge in [-0.3, -0.25) is 33.6 Å². The third-order valence-electron chi connectivity index (χ3n) is 22.5. The standard InChI is InChI=1S/C91H107N5O35/c1-48-28-65-80(106)78(88(114)125-41-51-10-17-71(63(33-51)68(98)9-7-20-128-92)131-90-84(110)82(108)79(105)50(3)129-90)59-36-72(49(2)29-60(59)85(111)94(65)39-48)123-43-53-30-54(32-57(31-53)93-75(100)46-120-24-22-119-23-25-121-47-77(103)104)44-124-74-38-64-61(37-73(74)117-5)86(112)95-40-56(55-12-14-58(15-13-55)122-27-26-118-21-18-76(101)102)35-66(95)87(113)96(64)91(115)127-42-52-11-16-70(62(34-52)67(97)8-6-19-116-4)130-89-83(109)81(107)69(99)45-126-89/h10-17,29-34,36-38,40,50,65-66,69,78-84,87,89-90,99,105-110,113H,1,6-9,18-28,35,39,41-47,92H2,2-5H3,(H,93,100)(H,101,102)(H,103,104)/t50-,65+,66+,69-,78?,79-,80?,81+,82+,83-,84-,87?,89+,90+/m1/s1. The summed E-state index contributed by atoms with van der Waals surface area (Å²) in [4.78, 5) is 132.